The maximum Gasteiger partial charge on any atom is 0.243 e. The lowest BCUT2D eigenvalue weighted by molar-refractivity contribution is -0.145. The van der Waals surface area contributed by atoms with Crippen molar-refractivity contribution in [3.63, 3.8) is 0 Å². The molecule has 414 valence electrons. The Kier molecular flexibility index (Phi) is 23.0. The number of H-pyrrole nitrogens is 1. The van der Waals surface area contributed by atoms with Crippen LogP contribution in [0.25, 0.3) is 10.9 Å². The van der Waals surface area contributed by atoms with Gasteiger partial charge in [0.05, 0.1) is 67.1 Å². The van der Waals surface area contributed by atoms with Gasteiger partial charge in [0.1, 0.15) is 24.4 Å². The topological polar surface area (TPSA) is 381 Å². The quantitative estimate of drug-likeness (QED) is 0.0612. The van der Waals surface area contributed by atoms with E-state index in [1.807, 2.05) is 0 Å². The van der Waals surface area contributed by atoms with Gasteiger partial charge in [-0.05, 0) is 42.9 Å². The number of ketones is 3. The second kappa shape index (κ2) is 28.8. The molecule has 7 amide bonds. The lowest BCUT2D eigenvalue weighted by Gasteiger charge is -2.32. The predicted octanol–water partition coefficient (Wildman–Crippen LogP) is -1.28. The summed E-state index contributed by atoms with van der Waals surface area (Å²) in [7, 11) is 0. The van der Waals surface area contributed by atoms with E-state index in [1.54, 1.807) is 32.0 Å². The van der Waals surface area contributed by atoms with Gasteiger partial charge in [0.2, 0.25) is 41.4 Å². The van der Waals surface area contributed by atoms with E-state index in [-0.39, 0.29) is 31.0 Å². The predicted molar refractivity (Wildman–Crippen MR) is 271 cm³/mol. The number of Topliss-reactive ketones (excluding diaryl/α,β-unsaturated/α-hetero) is 3. The number of benzene rings is 1. The molecule has 5 rings (SSSR count). The Balaban J connectivity index is 1.61. The molecule has 2 aromatic rings. The number of carbonyl (C=O) groups is 10. The highest BCUT2D eigenvalue weighted by molar-refractivity contribution is 7.99. The average Bonchev–Trinajstić information content (AvgIpc) is 3.94. The normalized spacial score (nSPS) is 25.2. The number of thioether (sulfide) groups is 1. The lowest BCUT2D eigenvalue weighted by atomic mass is 9.85. The van der Waals surface area contributed by atoms with Gasteiger partial charge < -0.3 is 62.3 Å². The van der Waals surface area contributed by atoms with Gasteiger partial charge in [-0.15, -0.1) is 11.8 Å². The van der Waals surface area contributed by atoms with Crippen LogP contribution in [0.1, 0.15) is 97.0 Å². The molecule has 1 aromatic carbocycles. The molecule has 4 heterocycles. The number of rotatable bonds is 18. The maximum atomic E-state index is 14.8. The molecule has 75 heavy (non-hydrogen) atoms. The van der Waals surface area contributed by atoms with E-state index in [0.29, 0.717) is 59.5 Å². The fraction of sp³-hybridized carbons (Fsp3) is 0.640. The number of aliphatic hydroxyl groups is 3. The van der Waals surface area contributed by atoms with E-state index < -0.39 is 158 Å². The van der Waals surface area contributed by atoms with E-state index >= 15 is 0 Å². The molecule has 1 fully saturated rings. The third kappa shape index (κ3) is 17.0. The minimum Gasteiger partial charge on any atom is -0.494 e. The van der Waals surface area contributed by atoms with Crippen LogP contribution in [-0.4, -0.2) is 165 Å². The van der Waals surface area contributed by atoms with Gasteiger partial charge in [-0.1, -0.05) is 46.5 Å². The van der Waals surface area contributed by atoms with Crippen LogP contribution in [0, 0.1) is 23.7 Å². The molecule has 3 aliphatic heterocycles. The summed E-state index contributed by atoms with van der Waals surface area (Å²) in [5, 5.41) is 45.7. The van der Waals surface area contributed by atoms with E-state index in [1.165, 1.54) is 6.92 Å². The van der Waals surface area contributed by atoms with Crippen LogP contribution in [0.15, 0.2) is 23.2 Å². The van der Waals surface area contributed by atoms with Gasteiger partial charge in [-0.2, -0.15) is 0 Å². The number of ether oxygens (including phenoxy) is 1. The van der Waals surface area contributed by atoms with E-state index in [0.717, 1.165) is 35.9 Å². The summed E-state index contributed by atoms with van der Waals surface area (Å²) < 4.78 is 6.12. The Hall–Kier alpha value is -5.99. The molecule has 0 aliphatic carbocycles. The number of aromatic nitrogens is 1. The van der Waals surface area contributed by atoms with E-state index in [2.05, 4.69) is 36.4 Å². The van der Waals surface area contributed by atoms with Gasteiger partial charge in [-0.25, -0.2) is 5.90 Å². The molecule has 0 spiro atoms. The second-order valence-electron chi connectivity index (χ2n) is 19.8. The fourth-order valence-electron chi connectivity index (χ4n) is 9.51. The lowest BCUT2D eigenvalue weighted by Crippen LogP contribution is -2.56. The number of fused-ring (bicyclic) bond motifs is 5. The second-order valence-corrected chi connectivity index (χ2v) is 20.8. The Morgan fingerprint density at radius 2 is 1.56 bits per heavy atom. The molecule has 0 radical (unpaired) electrons. The first-order chi connectivity index (χ1) is 35.7. The minimum absolute atomic E-state index is 0.0651. The molecule has 13 N–H and O–H groups in total. The van der Waals surface area contributed by atoms with Crippen molar-refractivity contribution in [1.82, 2.24) is 36.5 Å². The number of aromatic amines is 1. The number of hydrogen-bond acceptors (Lipinski definition) is 17. The molecule has 2 bridgehead atoms. The van der Waals surface area contributed by atoms with Crippen molar-refractivity contribution in [2.24, 2.45) is 35.3 Å². The van der Waals surface area contributed by atoms with E-state index in [4.69, 9.17) is 16.4 Å². The standard InChI is InChI=1S/C50H73N9O15S/c1-4-26(2)44-48(71)54-20-42(67)55-36-25-75-49-34(33-12-11-32(19-35(33)56-49)73-13-9-7-5-6-8-10-30(61)24-74-52)14-28(46(69)53-21-43(68)57-44)15-39(64)45(27(3)40(65)23-60)58-47(70)37-18-31(62)22-59(37)50(72)29(16-38(36)63)17-41(51)66/h11-12,19,26-29,31,36-37,40,44-45,56,60,62,65H,4-10,13-18,20-25,52H2,1-3H3,(H2,51,66)(H,53,69)(H,54,71)(H,55,67)(H,57,68)(H,58,70)/t26-,27-,28-,29-,31+,36-,37-,40-,44-,45-/m0/s1. The fourth-order valence-corrected chi connectivity index (χ4v) is 10.7. The molecule has 24 nitrogen and oxygen atoms in total. The SMILES string of the molecule is CC[C@H](C)[C@@H]1NC(=O)CNC(=O)[C@@H]2CC(=O)[C@H]([C@@H](C)[C@@H](O)CO)NC(=O)[C@@H]3C[C@@H](O)CN3C(=O)[C@H](CC(N)=O)CC(=O)[C@H](CSc3[nH]c4cc(OCCCCCCCC(=O)CON)ccc4c3C2)NC(=O)CNC1=O. The van der Waals surface area contributed by atoms with Crippen LogP contribution >= 0.6 is 11.8 Å². The summed E-state index contributed by atoms with van der Waals surface area (Å²) in [5.74, 6) is -6.73. The Morgan fingerprint density at radius 1 is 0.867 bits per heavy atom. The van der Waals surface area contributed by atoms with Crippen LogP contribution in [0.4, 0.5) is 0 Å². The molecule has 0 saturated carbocycles. The Morgan fingerprint density at radius 3 is 2.25 bits per heavy atom. The number of amides is 7. The molecule has 3 aliphatic rings. The number of hydrogen-bond donors (Lipinski definition) is 11. The number of nitrogens with one attached hydrogen (secondary N) is 6. The van der Waals surface area contributed by atoms with Crippen molar-refractivity contribution in [3.05, 3.63) is 23.8 Å². The molecule has 10 atom stereocenters. The highest BCUT2D eigenvalue weighted by Gasteiger charge is 2.45. The summed E-state index contributed by atoms with van der Waals surface area (Å²) in [5.41, 5.74) is 6.60. The summed E-state index contributed by atoms with van der Waals surface area (Å²) in [6, 6.07) is -0.443. The van der Waals surface area contributed by atoms with Crippen LogP contribution in [0.5, 0.6) is 5.75 Å². The third-order valence-electron chi connectivity index (χ3n) is 14.1. The molecular formula is C50H73N9O15S. The number of nitrogens with two attached hydrogens (primary N) is 2. The largest absolute Gasteiger partial charge is 0.494 e. The number of primary amides is 1. The molecule has 25 heteroatoms. The van der Waals surface area contributed by atoms with Crippen LogP contribution in [0.3, 0.4) is 0 Å². The molecule has 1 saturated heterocycles. The molecule has 0 unspecified atom stereocenters. The first kappa shape index (κ1) is 59.9. The maximum absolute atomic E-state index is 14.8. The van der Waals surface area contributed by atoms with Gasteiger partial charge in [0.25, 0.3) is 0 Å². The Bertz CT molecular complexity index is 2400. The smallest absolute Gasteiger partial charge is 0.243 e. The number of unbranched alkanes of at least 4 members (excludes halogenated alkanes) is 4. The van der Waals surface area contributed by atoms with Crippen molar-refractivity contribution in [2.45, 2.75) is 139 Å². The zero-order valence-corrected chi connectivity index (χ0v) is 43.5. The van der Waals surface area contributed by atoms with E-state index in [9.17, 15) is 63.3 Å². The summed E-state index contributed by atoms with van der Waals surface area (Å²) in [4.78, 5) is 146. The highest BCUT2D eigenvalue weighted by Crippen LogP contribution is 2.36. The zero-order chi connectivity index (χ0) is 54.9. The average molecular weight is 1070 g/mol. The molecular weight excluding hydrogens is 999 g/mol. The van der Waals surface area contributed by atoms with Crippen molar-refractivity contribution in [2.75, 3.05) is 45.2 Å². The van der Waals surface area contributed by atoms with Gasteiger partial charge >= 0.3 is 0 Å². The van der Waals surface area contributed by atoms with Crippen molar-refractivity contribution in [3.8, 4) is 5.75 Å². The number of aliphatic hydroxyl groups excluding tert-OH is 3. The number of carbonyl (C=O) groups excluding carboxylic acids is 10. The zero-order valence-electron chi connectivity index (χ0n) is 42.7. The van der Waals surface area contributed by atoms with Crippen LogP contribution in [-0.2, 0) is 59.2 Å². The van der Waals surface area contributed by atoms with Gasteiger partial charge in [0, 0.05) is 67.7 Å². The van der Waals surface area contributed by atoms with Crippen LogP contribution in [0.2, 0.25) is 0 Å². The van der Waals surface area contributed by atoms with Crippen molar-refractivity contribution < 1.29 is 72.8 Å². The third-order valence-corrected chi connectivity index (χ3v) is 15.2. The van der Waals surface area contributed by atoms with Gasteiger partial charge in [0.15, 0.2) is 17.3 Å². The monoisotopic (exact) mass is 1070 g/mol. The first-order valence-electron chi connectivity index (χ1n) is 25.5. The summed E-state index contributed by atoms with van der Waals surface area (Å²) >= 11 is 1.06. The molecule has 1 aromatic heterocycles. The van der Waals surface area contributed by atoms with Crippen molar-refractivity contribution >= 4 is 81.4 Å². The number of nitrogens with zero attached hydrogens (tertiary/aromatic N) is 1. The van der Waals surface area contributed by atoms with Gasteiger partial charge in [-0.3, -0.25) is 52.8 Å². The first-order valence-corrected chi connectivity index (χ1v) is 26.5. The summed E-state index contributed by atoms with van der Waals surface area (Å²) in [6.45, 7) is 2.59. The highest BCUT2D eigenvalue weighted by atomic mass is 32.2. The summed E-state index contributed by atoms with van der Waals surface area (Å²) in [6.07, 6.45) is -0.583. The Labute approximate surface area is 438 Å². The minimum atomic E-state index is -1.60. The van der Waals surface area contributed by atoms with Crippen LogP contribution < -0.4 is 43.0 Å². The van der Waals surface area contributed by atoms with Crippen molar-refractivity contribution in [1.29, 1.82) is 0 Å².